The van der Waals surface area contributed by atoms with Crippen LogP contribution in [0.3, 0.4) is 0 Å². The fourth-order valence-electron chi connectivity index (χ4n) is 4.46. The first kappa shape index (κ1) is 21.7. The summed E-state index contributed by atoms with van der Waals surface area (Å²) in [6.07, 6.45) is 1.66. The average molecular weight is 460 g/mol. The molecule has 0 bridgehead atoms. The molecular formula is C26H29N5OS. The van der Waals surface area contributed by atoms with Gasteiger partial charge in [-0.2, -0.15) is 0 Å². The molecule has 2 aromatic heterocycles. The number of fused-ring (bicyclic) bond motifs is 1. The monoisotopic (exact) mass is 459 g/mol. The average Bonchev–Trinajstić information content (AvgIpc) is 3.30. The van der Waals surface area contributed by atoms with Crippen LogP contribution in [-0.4, -0.2) is 60.7 Å². The number of piperazine rings is 1. The number of benzene rings is 2. The lowest BCUT2D eigenvalue weighted by atomic mass is 10.1. The molecule has 5 rings (SSSR count). The van der Waals surface area contributed by atoms with Crippen molar-refractivity contribution in [3.8, 4) is 16.9 Å². The first-order valence-corrected chi connectivity index (χ1v) is 12.2. The molecule has 7 heteroatoms. The Labute approximate surface area is 198 Å². The van der Waals surface area contributed by atoms with Gasteiger partial charge >= 0.3 is 0 Å². The second-order valence-corrected chi connectivity index (χ2v) is 9.31. The highest BCUT2D eigenvalue weighted by molar-refractivity contribution is 7.17. The summed E-state index contributed by atoms with van der Waals surface area (Å²) in [4.78, 5) is 15.1. The zero-order valence-electron chi connectivity index (χ0n) is 19.1. The third kappa shape index (κ3) is 4.79. The van der Waals surface area contributed by atoms with Gasteiger partial charge in [0.15, 0.2) is 0 Å². The fraction of sp³-hybridized carbons (Fsp3) is 0.308. The van der Waals surface area contributed by atoms with Crippen LogP contribution in [0, 0.1) is 0 Å². The number of nitrogens with zero attached hydrogens (tertiary/aromatic N) is 4. The first-order valence-electron chi connectivity index (χ1n) is 11.4. The second kappa shape index (κ2) is 9.77. The molecule has 0 amide bonds. The third-order valence-electron chi connectivity index (χ3n) is 6.18. The molecule has 1 unspecified atom stereocenters. The molecule has 2 aromatic carbocycles. The van der Waals surface area contributed by atoms with Gasteiger partial charge in [-0.15, -0.1) is 11.3 Å². The van der Waals surface area contributed by atoms with Crippen LogP contribution in [0.15, 0.2) is 66.3 Å². The number of para-hydroxylation sites is 1. The summed E-state index contributed by atoms with van der Waals surface area (Å²) in [7, 11) is 1.69. The molecule has 0 saturated carbocycles. The van der Waals surface area contributed by atoms with Gasteiger partial charge in [0.05, 0.1) is 12.5 Å². The highest BCUT2D eigenvalue weighted by Gasteiger charge is 2.20. The molecule has 1 aliphatic rings. The van der Waals surface area contributed by atoms with Crippen molar-refractivity contribution in [2.45, 2.75) is 13.0 Å². The van der Waals surface area contributed by atoms with Gasteiger partial charge in [0.25, 0.3) is 0 Å². The van der Waals surface area contributed by atoms with Crippen molar-refractivity contribution in [3.05, 3.63) is 66.3 Å². The molecule has 1 fully saturated rings. The Kier molecular flexibility index (Phi) is 6.41. The SMILES string of the molecule is COc1ccc(-c2csc3ncnc(NC(C)CN4CCN(c5ccccc5)CC4)c23)cc1. The van der Waals surface area contributed by atoms with E-state index in [1.165, 1.54) is 5.69 Å². The lowest BCUT2D eigenvalue weighted by Gasteiger charge is -2.37. The lowest BCUT2D eigenvalue weighted by molar-refractivity contribution is 0.251. The van der Waals surface area contributed by atoms with Crippen LogP contribution in [0.2, 0.25) is 0 Å². The highest BCUT2D eigenvalue weighted by atomic mass is 32.1. The van der Waals surface area contributed by atoms with Gasteiger partial charge in [0.1, 0.15) is 22.7 Å². The lowest BCUT2D eigenvalue weighted by Crippen LogP contribution is -2.49. The van der Waals surface area contributed by atoms with Crippen molar-refractivity contribution in [2.75, 3.05) is 50.1 Å². The predicted octanol–water partition coefficient (Wildman–Crippen LogP) is 4.99. The topological polar surface area (TPSA) is 53.5 Å². The Morgan fingerprint density at radius 1 is 1.00 bits per heavy atom. The van der Waals surface area contributed by atoms with Crippen LogP contribution in [-0.2, 0) is 0 Å². The van der Waals surface area contributed by atoms with Crippen molar-refractivity contribution in [3.63, 3.8) is 0 Å². The number of hydrogen-bond acceptors (Lipinski definition) is 7. The van der Waals surface area contributed by atoms with Crippen molar-refractivity contribution in [2.24, 2.45) is 0 Å². The number of nitrogens with one attached hydrogen (secondary N) is 1. The Morgan fingerprint density at radius 2 is 1.76 bits per heavy atom. The molecule has 0 aliphatic carbocycles. The van der Waals surface area contributed by atoms with Crippen LogP contribution >= 0.6 is 11.3 Å². The number of rotatable bonds is 7. The molecule has 0 spiro atoms. The van der Waals surface area contributed by atoms with E-state index < -0.39 is 0 Å². The largest absolute Gasteiger partial charge is 0.497 e. The minimum atomic E-state index is 0.273. The summed E-state index contributed by atoms with van der Waals surface area (Å²) in [5, 5.41) is 6.93. The Morgan fingerprint density at radius 3 is 2.48 bits per heavy atom. The minimum Gasteiger partial charge on any atom is -0.497 e. The predicted molar refractivity (Wildman–Crippen MR) is 138 cm³/mol. The van der Waals surface area contributed by atoms with Gasteiger partial charge in [-0.25, -0.2) is 9.97 Å². The van der Waals surface area contributed by atoms with Crippen LogP contribution in [0.25, 0.3) is 21.3 Å². The zero-order chi connectivity index (χ0) is 22.6. The second-order valence-electron chi connectivity index (χ2n) is 8.45. The van der Waals surface area contributed by atoms with Gasteiger partial charge < -0.3 is 15.0 Å². The van der Waals surface area contributed by atoms with Crippen LogP contribution in [0.4, 0.5) is 11.5 Å². The van der Waals surface area contributed by atoms with Crippen LogP contribution in [0.5, 0.6) is 5.75 Å². The van der Waals surface area contributed by atoms with Crippen molar-refractivity contribution >= 4 is 33.1 Å². The van der Waals surface area contributed by atoms with E-state index in [9.17, 15) is 0 Å². The van der Waals surface area contributed by atoms with E-state index >= 15 is 0 Å². The number of ether oxygens (including phenoxy) is 1. The van der Waals surface area contributed by atoms with E-state index in [-0.39, 0.29) is 6.04 Å². The Bertz CT molecular complexity index is 1190. The molecule has 0 radical (unpaired) electrons. The van der Waals surface area contributed by atoms with Gasteiger partial charge in [-0.05, 0) is 36.8 Å². The van der Waals surface area contributed by atoms with Crippen molar-refractivity contribution in [1.29, 1.82) is 0 Å². The number of anilines is 2. The fourth-order valence-corrected chi connectivity index (χ4v) is 5.38. The number of hydrogen-bond donors (Lipinski definition) is 1. The Hall–Kier alpha value is -3.16. The molecule has 4 aromatic rings. The van der Waals surface area contributed by atoms with E-state index in [2.05, 4.69) is 79.9 Å². The first-order chi connectivity index (χ1) is 16.2. The summed E-state index contributed by atoms with van der Waals surface area (Å²) >= 11 is 1.66. The van der Waals surface area contributed by atoms with Crippen molar-refractivity contribution in [1.82, 2.24) is 14.9 Å². The molecule has 3 heterocycles. The van der Waals surface area contributed by atoms with E-state index in [4.69, 9.17) is 4.74 Å². The summed E-state index contributed by atoms with van der Waals surface area (Å²) in [6, 6.07) is 19.1. The molecule has 6 nitrogen and oxygen atoms in total. The summed E-state index contributed by atoms with van der Waals surface area (Å²) in [6.45, 7) is 7.46. The normalized spacial score (nSPS) is 15.5. The van der Waals surface area contributed by atoms with Gasteiger partial charge in [-0.3, -0.25) is 4.90 Å². The third-order valence-corrected chi connectivity index (χ3v) is 7.07. The van der Waals surface area contributed by atoms with E-state index in [1.54, 1.807) is 24.8 Å². The maximum Gasteiger partial charge on any atom is 0.139 e. The van der Waals surface area contributed by atoms with Crippen LogP contribution < -0.4 is 15.0 Å². The standard InChI is InChI=1S/C26H29N5OS/c1-19(16-30-12-14-31(15-13-30)21-6-4-3-5-7-21)29-25-24-23(17-33-26(24)28-18-27-25)20-8-10-22(32-2)11-9-20/h3-11,17-19H,12-16H2,1-2H3,(H,27,28,29). The van der Waals surface area contributed by atoms with Crippen LogP contribution in [0.1, 0.15) is 6.92 Å². The maximum atomic E-state index is 5.31. The summed E-state index contributed by atoms with van der Waals surface area (Å²) in [5.41, 5.74) is 3.62. The molecular weight excluding hydrogens is 430 g/mol. The molecule has 1 N–H and O–H groups in total. The molecule has 1 saturated heterocycles. The molecule has 1 aliphatic heterocycles. The Balaban J connectivity index is 1.27. The minimum absolute atomic E-state index is 0.273. The van der Waals surface area contributed by atoms with Crippen molar-refractivity contribution < 1.29 is 4.74 Å². The van der Waals surface area contributed by atoms with Gasteiger partial charge in [-0.1, -0.05) is 30.3 Å². The van der Waals surface area contributed by atoms with Gasteiger partial charge in [0, 0.05) is 55.4 Å². The maximum absolute atomic E-state index is 5.31. The number of aromatic nitrogens is 2. The molecule has 170 valence electrons. The zero-order valence-corrected chi connectivity index (χ0v) is 19.9. The summed E-state index contributed by atoms with van der Waals surface area (Å²) in [5.74, 6) is 1.76. The quantitative estimate of drug-likeness (QED) is 0.420. The van der Waals surface area contributed by atoms with E-state index in [1.807, 2.05) is 12.1 Å². The van der Waals surface area contributed by atoms with E-state index in [0.717, 1.165) is 65.6 Å². The number of methoxy groups -OCH3 is 1. The highest BCUT2D eigenvalue weighted by Crippen LogP contribution is 2.37. The van der Waals surface area contributed by atoms with E-state index in [0.29, 0.717) is 0 Å². The van der Waals surface area contributed by atoms with Gasteiger partial charge in [0.2, 0.25) is 0 Å². The molecule has 1 atom stereocenters. The smallest absolute Gasteiger partial charge is 0.139 e. The molecule has 33 heavy (non-hydrogen) atoms. The summed E-state index contributed by atoms with van der Waals surface area (Å²) < 4.78 is 5.31. The number of thiophene rings is 1.